The molecule has 108 valence electrons. The number of hydrogen-bond acceptors (Lipinski definition) is 4. The maximum Gasteiger partial charge on any atom is 0.237 e. The Kier molecular flexibility index (Phi) is 11.0. The molecule has 2 N–H and O–H groups in total. The number of ether oxygens (including phenoxy) is 2. The standard InChI is InChI=1S/C13H28N2O3/c1-5-11(2)15-13(16)12(3)14-7-6-8-18-10-9-17-4/h11-12,14H,5-10H2,1-4H3,(H,15,16). The Morgan fingerprint density at radius 1 is 1.22 bits per heavy atom. The van der Waals surface area contributed by atoms with E-state index >= 15 is 0 Å². The summed E-state index contributed by atoms with van der Waals surface area (Å²) >= 11 is 0. The molecule has 2 atom stereocenters. The van der Waals surface area contributed by atoms with Crippen molar-refractivity contribution in [2.24, 2.45) is 0 Å². The molecule has 5 nitrogen and oxygen atoms in total. The topological polar surface area (TPSA) is 59.6 Å². The fraction of sp³-hybridized carbons (Fsp3) is 0.923. The quantitative estimate of drug-likeness (QED) is 0.543. The molecule has 0 heterocycles. The van der Waals surface area contributed by atoms with Gasteiger partial charge < -0.3 is 20.1 Å². The average Bonchev–Trinajstić information content (AvgIpc) is 2.37. The van der Waals surface area contributed by atoms with Gasteiger partial charge >= 0.3 is 0 Å². The van der Waals surface area contributed by atoms with E-state index in [4.69, 9.17) is 9.47 Å². The molecule has 0 saturated heterocycles. The maximum atomic E-state index is 11.7. The molecule has 18 heavy (non-hydrogen) atoms. The predicted molar refractivity (Wildman–Crippen MR) is 72.7 cm³/mol. The van der Waals surface area contributed by atoms with E-state index in [-0.39, 0.29) is 18.0 Å². The van der Waals surface area contributed by atoms with Gasteiger partial charge in [0.25, 0.3) is 0 Å². The van der Waals surface area contributed by atoms with E-state index in [1.807, 2.05) is 13.8 Å². The van der Waals surface area contributed by atoms with E-state index in [0.717, 1.165) is 19.4 Å². The van der Waals surface area contributed by atoms with Crippen molar-refractivity contribution >= 4 is 5.91 Å². The second-order valence-corrected chi connectivity index (χ2v) is 4.45. The van der Waals surface area contributed by atoms with Crippen LogP contribution in [-0.2, 0) is 14.3 Å². The smallest absolute Gasteiger partial charge is 0.237 e. The van der Waals surface area contributed by atoms with Gasteiger partial charge in [-0.05, 0) is 33.2 Å². The van der Waals surface area contributed by atoms with Crippen LogP contribution in [-0.4, -0.2) is 51.5 Å². The Labute approximate surface area is 111 Å². The van der Waals surface area contributed by atoms with Crippen molar-refractivity contribution in [1.82, 2.24) is 10.6 Å². The van der Waals surface area contributed by atoms with E-state index in [0.29, 0.717) is 19.8 Å². The van der Waals surface area contributed by atoms with Gasteiger partial charge in [0.05, 0.1) is 19.3 Å². The van der Waals surface area contributed by atoms with Crippen molar-refractivity contribution in [2.75, 3.05) is 33.5 Å². The third-order valence-electron chi connectivity index (χ3n) is 2.74. The highest BCUT2D eigenvalue weighted by Gasteiger charge is 2.13. The van der Waals surface area contributed by atoms with Gasteiger partial charge in [0.1, 0.15) is 0 Å². The van der Waals surface area contributed by atoms with E-state index in [2.05, 4.69) is 17.6 Å². The van der Waals surface area contributed by atoms with Crippen LogP contribution in [0.15, 0.2) is 0 Å². The Hall–Kier alpha value is -0.650. The van der Waals surface area contributed by atoms with Crippen LogP contribution in [0.4, 0.5) is 0 Å². The van der Waals surface area contributed by atoms with Crippen molar-refractivity contribution in [3.8, 4) is 0 Å². The molecule has 0 aliphatic rings. The normalized spacial score (nSPS) is 14.2. The average molecular weight is 260 g/mol. The fourth-order valence-electron chi connectivity index (χ4n) is 1.30. The fourth-order valence-corrected chi connectivity index (χ4v) is 1.30. The molecule has 0 fully saturated rings. The number of amides is 1. The SMILES string of the molecule is CCC(C)NC(=O)C(C)NCCCOCCOC. The number of carbonyl (C=O) groups is 1. The lowest BCUT2D eigenvalue weighted by molar-refractivity contribution is -0.123. The molecule has 0 saturated carbocycles. The molecule has 0 spiro atoms. The molecule has 1 amide bonds. The number of hydrogen-bond donors (Lipinski definition) is 2. The Morgan fingerprint density at radius 3 is 2.56 bits per heavy atom. The van der Waals surface area contributed by atoms with Gasteiger partial charge in [0.2, 0.25) is 5.91 Å². The lowest BCUT2D eigenvalue weighted by Crippen LogP contribution is -2.45. The molecule has 0 aromatic heterocycles. The Bertz CT molecular complexity index is 212. The maximum absolute atomic E-state index is 11.7. The summed E-state index contributed by atoms with van der Waals surface area (Å²) in [6.45, 7) is 8.66. The molecule has 2 unspecified atom stereocenters. The van der Waals surface area contributed by atoms with E-state index in [9.17, 15) is 4.79 Å². The second kappa shape index (κ2) is 11.4. The first-order valence-electron chi connectivity index (χ1n) is 6.72. The first kappa shape index (κ1) is 17.4. The van der Waals surface area contributed by atoms with Crippen molar-refractivity contribution in [3.05, 3.63) is 0 Å². The number of carbonyl (C=O) groups excluding carboxylic acids is 1. The van der Waals surface area contributed by atoms with Crippen molar-refractivity contribution in [1.29, 1.82) is 0 Å². The molecule has 0 aliphatic carbocycles. The Morgan fingerprint density at radius 2 is 1.94 bits per heavy atom. The zero-order valence-electron chi connectivity index (χ0n) is 12.1. The second-order valence-electron chi connectivity index (χ2n) is 4.45. The van der Waals surface area contributed by atoms with Crippen molar-refractivity contribution in [2.45, 2.75) is 45.7 Å². The molecular formula is C13H28N2O3. The van der Waals surface area contributed by atoms with Crippen molar-refractivity contribution < 1.29 is 14.3 Å². The van der Waals surface area contributed by atoms with Crippen molar-refractivity contribution in [3.63, 3.8) is 0 Å². The number of methoxy groups -OCH3 is 1. The molecule has 0 aromatic carbocycles. The van der Waals surface area contributed by atoms with Crippen LogP contribution >= 0.6 is 0 Å². The lowest BCUT2D eigenvalue weighted by atomic mass is 10.2. The predicted octanol–water partition coefficient (Wildman–Crippen LogP) is 0.932. The molecule has 0 rings (SSSR count). The highest BCUT2D eigenvalue weighted by molar-refractivity contribution is 5.81. The van der Waals surface area contributed by atoms with Gasteiger partial charge in [-0.25, -0.2) is 0 Å². The Balaban J connectivity index is 3.46. The summed E-state index contributed by atoms with van der Waals surface area (Å²) in [4.78, 5) is 11.7. The van der Waals surface area contributed by atoms with Gasteiger partial charge in [-0.3, -0.25) is 4.79 Å². The highest BCUT2D eigenvalue weighted by Crippen LogP contribution is 1.91. The zero-order valence-corrected chi connectivity index (χ0v) is 12.1. The zero-order chi connectivity index (χ0) is 13.8. The molecule has 5 heteroatoms. The van der Waals surface area contributed by atoms with Gasteiger partial charge in [-0.15, -0.1) is 0 Å². The van der Waals surface area contributed by atoms with Gasteiger partial charge in [-0.1, -0.05) is 6.92 Å². The number of nitrogens with one attached hydrogen (secondary N) is 2. The molecular weight excluding hydrogens is 232 g/mol. The minimum Gasteiger partial charge on any atom is -0.382 e. The van der Waals surface area contributed by atoms with Crippen LogP contribution < -0.4 is 10.6 Å². The lowest BCUT2D eigenvalue weighted by Gasteiger charge is -2.17. The molecule has 0 radical (unpaired) electrons. The van der Waals surface area contributed by atoms with Crippen LogP contribution in [0.5, 0.6) is 0 Å². The first-order valence-corrected chi connectivity index (χ1v) is 6.72. The van der Waals surface area contributed by atoms with Crippen LogP contribution in [0.2, 0.25) is 0 Å². The molecule has 0 bridgehead atoms. The first-order chi connectivity index (χ1) is 8.61. The molecule has 0 aromatic rings. The summed E-state index contributed by atoms with van der Waals surface area (Å²) in [6, 6.07) is 0.0807. The van der Waals surface area contributed by atoms with E-state index in [1.54, 1.807) is 7.11 Å². The summed E-state index contributed by atoms with van der Waals surface area (Å²) in [7, 11) is 1.66. The van der Waals surface area contributed by atoms with Crippen LogP contribution in [0.1, 0.15) is 33.6 Å². The summed E-state index contributed by atoms with van der Waals surface area (Å²) in [6.07, 6.45) is 1.84. The summed E-state index contributed by atoms with van der Waals surface area (Å²) in [5.74, 6) is 0.0599. The summed E-state index contributed by atoms with van der Waals surface area (Å²) in [5, 5.41) is 6.13. The van der Waals surface area contributed by atoms with E-state index in [1.165, 1.54) is 0 Å². The van der Waals surface area contributed by atoms with Crippen LogP contribution in [0.3, 0.4) is 0 Å². The summed E-state index contributed by atoms with van der Waals surface area (Å²) in [5.41, 5.74) is 0. The van der Waals surface area contributed by atoms with Gasteiger partial charge in [0.15, 0.2) is 0 Å². The molecule has 0 aliphatic heterocycles. The number of rotatable bonds is 11. The third-order valence-corrected chi connectivity index (χ3v) is 2.74. The van der Waals surface area contributed by atoms with Crippen LogP contribution in [0, 0.1) is 0 Å². The largest absolute Gasteiger partial charge is 0.382 e. The van der Waals surface area contributed by atoms with Crippen LogP contribution in [0.25, 0.3) is 0 Å². The van der Waals surface area contributed by atoms with Gasteiger partial charge in [-0.2, -0.15) is 0 Å². The minimum atomic E-state index is -0.155. The summed E-state index contributed by atoms with van der Waals surface area (Å²) < 4.78 is 10.2. The third kappa shape index (κ3) is 9.39. The minimum absolute atomic E-state index is 0.0599. The monoisotopic (exact) mass is 260 g/mol. The van der Waals surface area contributed by atoms with E-state index < -0.39 is 0 Å². The highest BCUT2D eigenvalue weighted by atomic mass is 16.5. The van der Waals surface area contributed by atoms with Gasteiger partial charge in [0, 0.05) is 19.8 Å².